The topological polar surface area (TPSA) is 66.8 Å². The van der Waals surface area contributed by atoms with Crippen LogP contribution in [-0.2, 0) is 14.3 Å². The van der Waals surface area contributed by atoms with Crippen LogP contribution in [0.15, 0.2) is 0 Å². The number of carboxylic acids is 1. The van der Waals surface area contributed by atoms with Crippen LogP contribution in [0.1, 0.15) is 33.1 Å². The second-order valence-corrected chi connectivity index (χ2v) is 6.36. The number of carbonyl (C=O) groups is 2. The Bertz CT molecular complexity index is 363. The maximum Gasteiger partial charge on any atom is 0.327 e. The number of hydrogen-bond donors (Lipinski definition) is 1. The van der Waals surface area contributed by atoms with Gasteiger partial charge in [-0.2, -0.15) is 0 Å². The van der Waals surface area contributed by atoms with Crippen LogP contribution in [0.3, 0.4) is 0 Å². The van der Waals surface area contributed by atoms with Crippen LogP contribution in [0, 0.1) is 5.92 Å². The maximum absolute atomic E-state index is 12.6. The predicted molar refractivity (Wildman–Crippen MR) is 72.9 cm³/mol. The number of hydrogen-bond acceptors (Lipinski definition) is 4. The molecule has 0 bridgehead atoms. The summed E-state index contributed by atoms with van der Waals surface area (Å²) in [7, 11) is 0. The van der Waals surface area contributed by atoms with E-state index in [2.05, 4.69) is 6.92 Å². The van der Waals surface area contributed by atoms with Gasteiger partial charge in [-0.25, -0.2) is 4.79 Å². The third-order valence-corrected chi connectivity index (χ3v) is 5.22. The number of thioether (sulfide) groups is 1. The zero-order valence-electron chi connectivity index (χ0n) is 11.4. The highest BCUT2D eigenvalue weighted by Crippen LogP contribution is 2.35. The lowest BCUT2D eigenvalue weighted by atomic mass is 10.00. The molecule has 2 aliphatic heterocycles. The summed E-state index contributed by atoms with van der Waals surface area (Å²) < 4.78 is 5.44. The summed E-state index contributed by atoms with van der Waals surface area (Å²) in [5.74, 6) is -0.625. The van der Waals surface area contributed by atoms with E-state index in [9.17, 15) is 14.7 Å². The molecule has 5 nitrogen and oxygen atoms in total. The third kappa shape index (κ3) is 2.89. The van der Waals surface area contributed by atoms with E-state index in [-0.39, 0.29) is 23.3 Å². The lowest BCUT2D eigenvalue weighted by molar-refractivity contribution is -0.151. The third-order valence-electron chi connectivity index (χ3n) is 3.86. The molecule has 0 radical (unpaired) electrons. The average molecular weight is 287 g/mol. The van der Waals surface area contributed by atoms with Crippen molar-refractivity contribution >= 4 is 23.6 Å². The standard InChI is InChI=1S/C13H21NO4S/c1-3-4-11-14(10(7-19-11)13(16)17)12(15)9-5-6-18-8(9)2/h8-11H,3-7H2,1-2H3,(H,16,17). The van der Waals surface area contributed by atoms with Crippen molar-refractivity contribution in [3.05, 3.63) is 0 Å². The molecule has 4 unspecified atom stereocenters. The Kier molecular flexibility index (Phi) is 4.73. The summed E-state index contributed by atoms with van der Waals surface area (Å²) >= 11 is 1.58. The highest BCUT2D eigenvalue weighted by Gasteiger charge is 2.45. The summed E-state index contributed by atoms with van der Waals surface area (Å²) in [4.78, 5) is 25.6. The Morgan fingerprint density at radius 3 is 2.74 bits per heavy atom. The monoisotopic (exact) mass is 287 g/mol. The minimum Gasteiger partial charge on any atom is -0.480 e. The molecule has 2 rings (SSSR count). The van der Waals surface area contributed by atoms with Gasteiger partial charge in [-0.3, -0.25) is 4.79 Å². The van der Waals surface area contributed by atoms with Crippen molar-refractivity contribution in [1.82, 2.24) is 4.90 Å². The molecule has 108 valence electrons. The molecule has 6 heteroatoms. The Balaban J connectivity index is 2.15. The van der Waals surface area contributed by atoms with Crippen molar-refractivity contribution in [2.24, 2.45) is 5.92 Å². The normalized spacial score (nSPS) is 34.7. The van der Waals surface area contributed by atoms with Crippen molar-refractivity contribution < 1.29 is 19.4 Å². The zero-order chi connectivity index (χ0) is 14.0. The smallest absolute Gasteiger partial charge is 0.327 e. The van der Waals surface area contributed by atoms with Gasteiger partial charge in [-0.05, 0) is 19.8 Å². The fourth-order valence-electron chi connectivity index (χ4n) is 2.77. The Morgan fingerprint density at radius 2 is 2.21 bits per heavy atom. The minimum atomic E-state index is -0.897. The first-order valence-electron chi connectivity index (χ1n) is 6.84. The van der Waals surface area contributed by atoms with Crippen LogP contribution in [0.25, 0.3) is 0 Å². The number of ether oxygens (including phenoxy) is 1. The fourth-order valence-corrected chi connectivity index (χ4v) is 4.29. The Morgan fingerprint density at radius 1 is 1.47 bits per heavy atom. The van der Waals surface area contributed by atoms with E-state index in [1.165, 1.54) is 0 Å². The number of nitrogens with zero attached hydrogens (tertiary/aromatic N) is 1. The van der Waals surface area contributed by atoms with E-state index >= 15 is 0 Å². The highest BCUT2D eigenvalue weighted by atomic mass is 32.2. The van der Waals surface area contributed by atoms with Crippen LogP contribution >= 0.6 is 11.8 Å². The second-order valence-electron chi connectivity index (χ2n) is 5.15. The summed E-state index contributed by atoms with van der Waals surface area (Å²) in [6.45, 7) is 4.54. The van der Waals surface area contributed by atoms with Crippen molar-refractivity contribution in [2.75, 3.05) is 12.4 Å². The summed E-state index contributed by atoms with van der Waals surface area (Å²) in [5.41, 5.74) is 0. The first-order chi connectivity index (χ1) is 9.06. The molecule has 2 heterocycles. The summed E-state index contributed by atoms with van der Waals surface area (Å²) in [5, 5.41) is 9.29. The molecule has 1 amide bonds. The highest BCUT2D eigenvalue weighted by molar-refractivity contribution is 8.00. The number of aliphatic carboxylic acids is 1. The van der Waals surface area contributed by atoms with Gasteiger partial charge in [0.15, 0.2) is 0 Å². The zero-order valence-corrected chi connectivity index (χ0v) is 12.2. The lowest BCUT2D eigenvalue weighted by Crippen LogP contribution is -2.49. The molecule has 0 aliphatic carbocycles. The SMILES string of the molecule is CCCC1SCC(C(=O)O)N1C(=O)C1CCOC1C. The molecule has 1 N–H and O–H groups in total. The molecular weight excluding hydrogens is 266 g/mol. The Labute approximate surface area is 117 Å². The molecule has 0 saturated carbocycles. The average Bonchev–Trinajstić information content (AvgIpc) is 2.95. The van der Waals surface area contributed by atoms with E-state index in [0.717, 1.165) is 12.8 Å². The van der Waals surface area contributed by atoms with E-state index in [0.29, 0.717) is 18.8 Å². The number of carbonyl (C=O) groups excluding carboxylic acids is 1. The Hall–Kier alpha value is -0.750. The van der Waals surface area contributed by atoms with E-state index in [1.807, 2.05) is 6.92 Å². The van der Waals surface area contributed by atoms with Gasteiger partial charge in [-0.1, -0.05) is 13.3 Å². The molecule has 4 atom stereocenters. The number of rotatable bonds is 4. The van der Waals surface area contributed by atoms with E-state index in [4.69, 9.17) is 4.74 Å². The van der Waals surface area contributed by atoms with Crippen LogP contribution in [-0.4, -0.2) is 51.8 Å². The minimum absolute atomic E-state index is 0.00593. The van der Waals surface area contributed by atoms with Gasteiger partial charge in [0.25, 0.3) is 0 Å². The molecule has 0 spiro atoms. The molecule has 2 aliphatic rings. The van der Waals surface area contributed by atoms with Crippen molar-refractivity contribution in [3.8, 4) is 0 Å². The molecule has 0 aromatic carbocycles. The summed E-state index contributed by atoms with van der Waals surface area (Å²) in [6, 6.07) is -0.679. The maximum atomic E-state index is 12.6. The first-order valence-corrected chi connectivity index (χ1v) is 7.89. The van der Waals surface area contributed by atoms with Crippen molar-refractivity contribution in [2.45, 2.75) is 50.6 Å². The van der Waals surface area contributed by atoms with Gasteiger partial charge in [0, 0.05) is 12.4 Å². The largest absolute Gasteiger partial charge is 0.480 e. The van der Waals surface area contributed by atoms with Gasteiger partial charge >= 0.3 is 5.97 Å². The molecule has 0 aromatic rings. The van der Waals surface area contributed by atoms with Gasteiger partial charge in [0.1, 0.15) is 6.04 Å². The van der Waals surface area contributed by atoms with Crippen LogP contribution in [0.2, 0.25) is 0 Å². The predicted octanol–water partition coefficient (Wildman–Crippen LogP) is 1.57. The number of carboxylic acid groups (broad SMARTS) is 1. The van der Waals surface area contributed by atoms with Gasteiger partial charge in [-0.15, -0.1) is 11.8 Å². The van der Waals surface area contributed by atoms with Crippen LogP contribution in [0.4, 0.5) is 0 Å². The fraction of sp³-hybridized carbons (Fsp3) is 0.846. The van der Waals surface area contributed by atoms with Gasteiger partial charge < -0.3 is 14.7 Å². The van der Waals surface area contributed by atoms with Crippen LogP contribution in [0.5, 0.6) is 0 Å². The van der Waals surface area contributed by atoms with Gasteiger partial charge in [0.2, 0.25) is 5.91 Å². The molecule has 2 saturated heterocycles. The molecular formula is C13H21NO4S. The quantitative estimate of drug-likeness (QED) is 0.850. The molecule has 19 heavy (non-hydrogen) atoms. The van der Waals surface area contributed by atoms with Crippen molar-refractivity contribution in [1.29, 1.82) is 0 Å². The van der Waals surface area contributed by atoms with Crippen molar-refractivity contribution in [3.63, 3.8) is 0 Å². The van der Waals surface area contributed by atoms with Crippen LogP contribution < -0.4 is 0 Å². The lowest BCUT2D eigenvalue weighted by Gasteiger charge is -2.30. The van der Waals surface area contributed by atoms with E-state index < -0.39 is 12.0 Å². The summed E-state index contributed by atoms with van der Waals surface area (Å²) in [6.07, 6.45) is 2.40. The first kappa shape index (κ1) is 14.7. The molecule has 2 fully saturated rings. The molecule has 0 aromatic heterocycles. The van der Waals surface area contributed by atoms with Gasteiger partial charge in [0.05, 0.1) is 17.4 Å². The second kappa shape index (κ2) is 6.13. The number of amides is 1. The van der Waals surface area contributed by atoms with E-state index in [1.54, 1.807) is 16.7 Å².